The van der Waals surface area contributed by atoms with E-state index in [0.29, 0.717) is 17.2 Å². The lowest BCUT2D eigenvalue weighted by Gasteiger charge is -2.12. The first kappa shape index (κ1) is 13.7. The molecule has 7 heteroatoms. The van der Waals surface area contributed by atoms with Crippen LogP contribution in [0.2, 0.25) is 0 Å². The van der Waals surface area contributed by atoms with Crippen LogP contribution in [0.5, 0.6) is 0 Å². The molecule has 2 rings (SSSR count). The minimum atomic E-state index is -0.572. The molecule has 19 heavy (non-hydrogen) atoms. The second-order valence-electron chi connectivity index (χ2n) is 3.82. The molecule has 0 amide bonds. The van der Waals surface area contributed by atoms with Gasteiger partial charge in [-0.05, 0) is 28.9 Å². The third kappa shape index (κ3) is 2.81. The molecule has 0 bridgehead atoms. The molecule has 0 aliphatic rings. The maximum absolute atomic E-state index is 13.7. The summed E-state index contributed by atoms with van der Waals surface area (Å²) >= 11 is 2.92. The summed E-state index contributed by atoms with van der Waals surface area (Å²) in [6, 6.07) is 2.13. The van der Waals surface area contributed by atoms with E-state index in [-0.39, 0.29) is 10.2 Å². The van der Waals surface area contributed by atoms with Gasteiger partial charge >= 0.3 is 0 Å². The molecule has 0 atom stereocenters. The van der Waals surface area contributed by atoms with Crippen molar-refractivity contribution >= 4 is 33.3 Å². The van der Waals surface area contributed by atoms with Crippen LogP contribution in [-0.4, -0.2) is 17.0 Å². The van der Waals surface area contributed by atoms with Crippen LogP contribution in [-0.2, 0) is 0 Å². The summed E-state index contributed by atoms with van der Waals surface area (Å²) in [6.07, 6.45) is 1.34. The van der Waals surface area contributed by atoms with Gasteiger partial charge in [-0.25, -0.2) is 18.7 Å². The molecule has 0 fully saturated rings. The van der Waals surface area contributed by atoms with Gasteiger partial charge < -0.3 is 10.6 Å². The van der Waals surface area contributed by atoms with E-state index in [0.717, 1.165) is 12.1 Å². The van der Waals surface area contributed by atoms with E-state index < -0.39 is 11.6 Å². The van der Waals surface area contributed by atoms with Gasteiger partial charge in [0.2, 0.25) is 0 Å². The van der Waals surface area contributed by atoms with Gasteiger partial charge in [0.15, 0.2) is 0 Å². The fraction of sp³-hybridized carbons (Fsp3) is 0.167. The highest BCUT2D eigenvalue weighted by Gasteiger charge is 2.11. The van der Waals surface area contributed by atoms with Gasteiger partial charge in [0.05, 0.1) is 10.2 Å². The van der Waals surface area contributed by atoms with Crippen LogP contribution >= 0.6 is 15.9 Å². The predicted octanol–water partition coefficient (Wildman–Crippen LogP) is 3.61. The highest BCUT2D eigenvalue weighted by Crippen LogP contribution is 2.27. The Bertz CT molecular complexity index is 619. The average molecular weight is 329 g/mol. The molecule has 0 aliphatic heterocycles. The summed E-state index contributed by atoms with van der Waals surface area (Å²) in [6.45, 7) is 1.78. The molecule has 1 aromatic carbocycles. The summed E-state index contributed by atoms with van der Waals surface area (Å²) in [5, 5.41) is 5.65. The minimum Gasteiger partial charge on any atom is -0.373 e. The van der Waals surface area contributed by atoms with Gasteiger partial charge in [-0.15, -0.1) is 0 Å². The molecule has 4 nitrogen and oxygen atoms in total. The first-order chi connectivity index (χ1) is 9.02. The summed E-state index contributed by atoms with van der Waals surface area (Å²) in [5.74, 6) is -0.0859. The molecule has 0 saturated heterocycles. The van der Waals surface area contributed by atoms with Crippen LogP contribution in [0.3, 0.4) is 0 Å². The fourth-order valence-electron chi connectivity index (χ4n) is 1.57. The normalized spacial score (nSPS) is 10.4. The highest BCUT2D eigenvalue weighted by molar-refractivity contribution is 9.10. The number of hydrogen-bond donors (Lipinski definition) is 2. The standard InChI is InChI=1S/C12H11BrF2N4/c1-6-11(16-2)17-5-18-12(6)19-10-4-8(14)7(13)3-9(10)15/h3-5H,1-2H3,(H2,16,17,18,19). The van der Waals surface area contributed by atoms with Crippen molar-refractivity contribution in [3.05, 3.63) is 40.1 Å². The van der Waals surface area contributed by atoms with Crippen LogP contribution < -0.4 is 10.6 Å². The zero-order valence-electron chi connectivity index (χ0n) is 10.3. The van der Waals surface area contributed by atoms with E-state index in [1.807, 2.05) is 0 Å². The molecular formula is C12H11BrF2N4. The summed E-state index contributed by atoms with van der Waals surface area (Å²) in [5.41, 5.74) is 0.734. The smallest absolute Gasteiger partial charge is 0.148 e. The summed E-state index contributed by atoms with van der Waals surface area (Å²) in [7, 11) is 1.72. The number of rotatable bonds is 3. The molecule has 2 N–H and O–H groups in total. The third-order valence-electron chi connectivity index (χ3n) is 2.58. The lowest BCUT2D eigenvalue weighted by Crippen LogP contribution is -2.04. The van der Waals surface area contributed by atoms with Gasteiger partial charge in [0.1, 0.15) is 29.6 Å². The predicted molar refractivity (Wildman–Crippen MR) is 73.7 cm³/mol. The van der Waals surface area contributed by atoms with Gasteiger partial charge in [-0.1, -0.05) is 0 Å². The fourth-order valence-corrected chi connectivity index (χ4v) is 1.89. The minimum absolute atomic E-state index is 0.0181. The van der Waals surface area contributed by atoms with E-state index in [9.17, 15) is 8.78 Å². The number of nitrogens with zero attached hydrogens (tertiary/aromatic N) is 2. The number of anilines is 3. The van der Waals surface area contributed by atoms with Crippen molar-refractivity contribution in [2.45, 2.75) is 6.92 Å². The van der Waals surface area contributed by atoms with E-state index in [2.05, 4.69) is 36.5 Å². The highest BCUT2D eigenvalue weighted by atomic mass is 79.9. The molecule has 1 heterocycles. The molecule has 0 unspecified atom stereocenters. The maximum atomic E-state index is 13.7. The molecule has 0 radical (unpaired) electrons. The molecular weight excluding hydrogens is 318 g/mol. The zero-order valence-corrected chi connectivity index (χ0v) is 11.8. The number of halogens is 3. The van der Waals surface area contributed by atoms with E-state index >= 15 is 0 Å². The monoisotopic (exact) mass is 328 g/mol. The van der Waals surface area contributed by atoms with Crippen LogP contribution in [0.4, 0.5) is 26.1 Å². The number of benzene rings is 1. The van der Waals surface area contributed by atoms with Crippen molar-refractivity contribution in [2.24, 2.45) is 0 Å². The average Bonchev–Trinajstić information content (AvgIpc) is 2.38. The summed E-state index contributed by atoms with van der Waals surface area (Å²) in [4.78, 5) is 8.03. The van der Waals surface area contributed by atoms with Crippen molar-refractivity contribution in [2.75, 3.05) is 17.7 Å². The number of aromatic nitrogens is 2. The van der Waals surface area contributed by atoms with Crippen LogP contribution in [0.1, 0.15) is 5.56 Å². The molecule has 2 aromatic rings. The van der Waals surface area contributed by atoms with Crippen molar-refractivity contribution < 1.29 is 8.78 Å². The number of hydrogen-bond acceptors (Lipinski definition) is 4. The lowest BCUT2D eigenvalue weighted by atomic mass is 10.2. The summed E-state index contributed by atoms with van der Waals surface area (Å²) < 4.78 is 27.2. The van der Waals surface area contributed by atoms with Gasteiger partial charge in [-0.2, -0.15) is 0 Å². The van der Waals surface area contributed by atoms with E-state index in [1.165, 1.54) is 6.33 Å². The second-order valence-corrected chi connectivity index (χ2v) is 4.67. The van der Waals surface area contributed by atoms with E-state index in [1.54, 1.807) is 14.0 Å². The first-order valence-corrected chi connectivity index (χ1v) is 6.23. The van der Waals surface area contributed by atoms with Crippen molar-refractivity contribution in [3.8, 4) is 0 Å². The van der Waals surface area contributed by atoms with E-state index in [4.69, 9.17) is 0 Å². The Kier molecular flexibility index (Phi) is 3.94. The van der Waals surface area contributed by atoms with Crippen molar-refractivity contribution in [3.63, 3.8) is 0 Å². The number of nitrogens with one attached hydrogen (secondary N) is 2. The van der Waals surface area contributed by atoms with Crippen molar-refractivity contribution in [1.29, 1.82) is 0 Å². The Morgan fingerprint density at radius 2 is 1.79 bits per heavy atom. The molecule has 0 aliphatic carbocycles. The molecule has 1 aromatic heterocycles. The lowest BCUT2D eigenvalue weighted by molar-refractivity contribution is 0.597. The Morgan fingerprint density at radius 3 is 2.47 bits per heavy atom. The second kappa shape index (κ2) is 5.48. The largest absolute Gasteiger partial charge is 0.373 e. The van der Waals surface area contributed by atoms with Gasteiger partial charge in [-0.3, -0.25) is 0 Å². The Hall–Kier alpha value is -1.76. The maximum Gasteiger partial charge on any atom is 0.148 e. The Labute approximate surface area is 117 Å². The van der Waals surface area contributed by atoms with Gasteiger partial charge in [0.25, 0.3) is 0 Å². The third-order valence-corrected chi connectivity index (χ3v) is 3.19. The van der Waals surface area contributed by atoms with Crippen LogP contribution in [0.25, 0.3) is 0 Å². The van der Waals surface area contributed by atoms with Crippen LogP contribution in [0, 0.1) is 18.6 Å². The Balaban J connectivity index is 2.39. The quantitative estimate of drug-likeness (QED) is 0.845. The zero-order chi connectivity index (χ0) is 14.0. The topological polar surface area (TPSA) is 49.8 Å². The van der Waals surface area contributed by atoms with Gasteiger partial charge in [0, 0.05) is 18.7 Å². The molecule has 100 valence electrons. The van der Waals surface area contributed by atoms with Crippen LogP contribution in [0.15, 0.2) is 22.9 Å². The molecule has 0 spiro atoms. The first-order valence-electron chi connectivity index (χ1n) is 5.44. The molecule has 0 saturated carbocycles. The van der Waals surface area contributed by atoms with Crippen molar-refractivity contribution in [1.82, 2.24) is 9.97 Å². The Morgan fingerprint density at radius 1 is 1.11 bits per heavy atom. The SMILES string of the molecule is CNc1ncnc(Nc2cc(F)c(Br)cc2F)c1C.